The van der Waals surface area contributed by atoms with Crippen LogP contribution in [0.15, 0.2) is 206 Å². The molecule has 1 spiro atoms. The Labute approximate surface area is 299 Å². The third-order valence-electron chi connectivity index (χ3n) is 10.9. The molecule has 2 nitrogen and oxygen atoms in total. The number of hydrogen-bond donors (Lipinski definition) is 0. The quantitative estimate of drug-likeness (QED) is 0.183. The van der Waals surface area contributed by atoms with Gasteiger partial charge in [-0.1, -0.05) is 164 Å². The molecule has 1 heterocycles. The van der Waals surface area contributed by atoms with Crippen LogP contribution in [-0.2, 0) is 5.41 Å². The molecule has 7 aromatic carbocycles. The van der Waals surface area contributed by atoms with Crippen molar-refractivity contribution >= 4 is 17.1 Å². The van der Waals surface area contributed by atoms with Gasteiger partial charge in [-0.15, -0.1) is 0 Å². The number of nitrogens with zero attached hydrogens (tertiary/aromatic N) is 1. The Balaban J connectivity index is 1.25. The van der Waals surface area contributed by atoms with Gasteiger partial charge in [-0.25, -0.2) is 0 Å². The van der Waals surface area contributed by atoms with Crippen molar-refractivity contribution in [2.24, 2.45) is 0 Å². The van der Waals surface area contributed by atoms with Crippen LogP contribution in [0, 0.1) is 0 Å². The summed E-state index contributed by atoms with van der Waals surface area (Å²) in [5, 5.41) is 0. The molecule has 1 aliphatic heterocycles. The van der Waals surface area contributed by atoms with Crippen molar-refractivity contribution in [2.75, 3.05) is 4.90 Å². The second-order valence-corrected chi connectivity index (χ2v) is 13.6. The van der Waals surface area contributed by atoms with E-state index < -0.39 is 5.41 Å². The SMILES string of the molecule is C1=CC(c2ccccc2)C2Oc3ccccc3C3(C2=C1)c1ccccc1-c1ccc(N(c2ccccc2)c2ccccc2-c2ccccc2)cc13. The largest absolute Gasteiger partial charge is 0.485 e. The van der Waals surface area contributed by atoms with Crippen molar-refractivity contribution in [2.45, 2.75) is 17.4 Å². The number of ether oxygens (including phenoxy) is 1. The molecule has 10 rings (SSSR count). The maximum absolute atomic E-state index is 7.07. The Morgan fingerprint density at radius 3 is 1.92 bits per heavy atom. The summed E-state index contributed by atoms with van der Waals surface area (Å²) in [5.74, 6) is 1.02. The number of fused-ring (bicyclic) bond motifs is 9. The van der Waals surface area contributed by atoms with Crippen molar-refractivity contribution < 1.29 is 4.74 Å². The minimum absolute atomic E-state index is 0.0781. The zero-order valence-corrected chi connectivity index (χ0v) is 28.1. The highest BCUT2D eigenvalue weighted by Crippen LogP contribution is 2.63. The van der Waals surface area contributed by atoms with E-state index >= 15 is 0 Å². The first-order chi connectivity index (χ1) is 25.3. The Hall–Kier alpha value is -6.38. The van der Waals surface area contributed by atoms with Gasteiger partial charge < -0.3 is 9.64 Å². The van der Waals surface area contributed by atoms with Gasteiger partial charge in [-0.3, -0.25) is 0 Å². The summed E-state index contributed by atoms with van der Waals surface area (Å²) in [5.41, 5.74) is 14.0. The molecule has 0 N–H and O–H groups in total. The fourth-order valence-electron chi connectivity index (χ4n) is 8.82. The van der Waals surface area contributed by atoms with E-state index in [0.717, 1.165) is 22.8 Å². The molecule has 2 aliphatic carbocycles. The van der Waals surface area contributed by atoms with Crippen LogP contribution in [0.5, 0.6) is 5.75 Å². The Bertz CT molecular complexity index is 2460. The zero-order valence-electron chi connectivity index (χ0n) is 28.1. The summed E-state index contributed by atoms with van der Waals surface area (Å²) in [7, 11) is 0. The van der Waals surface area contributed by atoms with E-state index in [1.807, 2.05) is 0 Å². The number of hydrogen-bond acceptors (Lipinski definition) is 2. The van der Waals surface area contributed by atoms with Gasteiger partial charge in [0.25, 0.3) is 0 Å². The fourth-order valence-corrected chi connectivity index (χ4v) is 8.82. The number of para-hydroxylation sites is 3. The molecular weight excluding hydrogens is 619 g/mol. The van der Waals surface area contributed by atoms with E-state index in [-0.39, 0.29) is 12.0 Å². The monoisotopic (exact) mass is 653 g/mol. The smallest absolute Gasteiger partial charge is 0.132 e. The highest BCUT2D eigenvalue weighted by molar-refractivity contribution is 5.93. The highest BCUT2D eigenvalue weighted by atomic mass is 16.5. The minimum Gasteiger partial charge on any atom is -0.485 e. The average molecular weight is 654 g/mol. The van der Waals surface area contributed by atoms with Crippen LogP contribution in [0.4, 0.5) is 17.1 Å². The summed E-state index contributed by atoms with van der Waals surface area (Å²) in [6.45, 7) is 0. The fraction of sp³-hybridized carbons (Fsp3) is 0.0612. The van der Waals surface area contributed by atoms with E-state index in [4.69, 9.17) is 4.74 Å². The van der Waals surface area contributed by atoms with Gasteiger partial charge in [-0.05, 0) is 75.4 Å². The van der Waals surface area contributed by atoms with Crippen LogP contribution >= 0.6 is 0 Å². The molecule has 0 fully saturated rings. The Kier molecular flexibility index (Phi) is 6.89. The van der Waals surface area contributed by atoms with Crippen molar-refractivity contribution in [3.63, 3.8) is 0 Å². The third kappa shape index (κ3) is 4.50. The first-order valence-corrected chi connectivity index (χ1v) is 17.8. The molecule has 0 aromatic heterocycles. The van der Waals surface area contributed by atoms with Crippen molar-refractivity contribution in [3.8, 4) is 28.0 Å². The lowest BCUT2D eigenvalue weighted by molar-refractivity contribution is 0.187. The van der Waals surface area contributed by atoms with E-state index in [0.29, 0.717) is 0 Å². The van der Waals surface area contributed by atoms with E-state index in [9.17, 15) is 0 Å². The van der Waals surface area contributed by atoms with Crippen LogP contribution in [0.1, 0.15) is 28.2 Å². The average Bonchev–Trinajstić information content (AvgIpc) is 3.49. The predicted octanol–water partition coefficient (Wildman–Crippen LogP) is 12.2. The Morgan fingerprint density at radius 1 is 0.490 bits per heavy atom. The molecular formula is C49H35NO. The highest BCUT2D eigenvalue weighted by Gasteiger charge is 2.55. The summed E-state index contributed by atoms with van der Waals surface area (Å²) in [6.07, 6.45) is 6.72. The van der Waals surface area contributed by atoms with Crippen molar-refractivity contribution in [3.05, 3.63) is 228 Å². The zero-order chi connectivity index (χ0) is 33.8. The van der Waals surface area contributed by atoms with Gasteiger partial charge in [0.15, 0.2) is 0 Å². The van der Waals surface area contributed by atoms with Crippen molar-refractivity contribution in [1.29, 1.82) is 0 Å². The van der Waals surface area contributed by atoms with Crippen LogP contribution in [0.25, 0.3) is 22.3 Å². The number of benzene rings is 7. The second-order valence-electron chi connectivity index (χ2n) is 13.6. The third-order valence-corrected chi connectivity index (χ3v) is 10.9. The summed E-state index contributed by atoms with van der Waals surface area (Å²) < 4.78 is 7.07. The van der Waals surface area contributed by atoms with Gasteiger partial charge in [0.05, 0.1) is 11.1 Å². The molecule has 3 unspecified atom stereocenters. The lowest BCUT2D eigenvalue weighted by atomic mass is 9.61. The molecule has 7 aromatic rings. The molecule has 0 bridgehead atoms. The minimum atomic E-state index is -0.541. The van der Waals surface area contributed by atoms with Crippen molar-refractivity contribution in [1.82, 2.24) is 0 Å². The number of anilines is 3. The van der Waals surface area contributed by atoms with Gasteiger partial charge in [-0.2, -0.15) is 0 Å². The van der Waals surface area contributed by atoms with Crippen LogP contribution < -0.4 is 9.64 Å². The van der Waals surface area contributed by atoms with E-state index in [1.54, 1.807) is 0 Å². The summed E-state index contributed by atoms with van der Waals surface area (Å²) in [6, 6.07) is 65.8. The molecule has 0 radical (unpaired) electrons. The van der Waals surface area contributed by atoms with Gasteiger partial charge >= 0.3 is 0 Å². The normalized spacial score (nSPS) is 19.3. The molecule has 0 saturated carbocycles. The molecule has 0 saturated heterocycles. The first kappa shape index (κ1) is 29.5. The number of rotatable bonds is 5. The molecule has 242 valence electrons. The van der Waals surface area contributed by atoms with Gasteiger partial charge in [0, 0.05) is 28.4 Å². The topological polar surface area (TPSA) is 12.5 Å². The van der Waals surface area contributed by atoms with Crippen LogP contribution in [-0.4, -0.2) is 6.10 Å². The molecule has 3 aliphatic rings. The van der Waals surface area contributed by atoms with Gasteiger partial charge in [0.1, 0.15) is 11.9 Å². The predicted molar refractivity (Wildman–Crippen MR) is 209 cm³/mol. The Morgan fingerprint density at radius 2 is 1.12 bits per heavy atom. The summed E-state index contributed by atoms with van der Waals surface area (Å²) in [4.78, 5) is 2.42. The van der Waals surface area contributed by atoms with E-state index in [1.165, 1.54) is 50.1 Å². The second kappa shape index (κ2) is 11.9. The summed E-state index contributed by atoms with van der Waals surface area (Å²) >= 11 is 0. The lowest BCUT2D eigenvalue weighted by Crippen LogP contribution is -2.45. The maximum Gasteiger partial charge on any atom is 0.132 e. The molecule has 51 heavy (non-hydrogen) atoms. The van der Waals surface area contributed by atoms with E-state index in [2.05, 4.69) is 205 Å². The lowest BCUT2D eigenvalue weighted by Gasteiger charge is -2.47. The number of allylic oxidation sites excluding steroid dienone is 2. The van der Waals surface area contributed by atoms with Crippen LogP contribution in [0.3, 0.4) is 0 Å². The standard InChI is InChI=1S/C49H35NO/c1-4-17-34(18-5-1)38-23-11-14-29-46(38)50(36-21-8-3-9-22-36)37-31-32-41-40-24-10-12-26-42(40)49(45(41)33-37)43-27-13-15-30-47(43)51-48-39(25-16-28-44(48)49)35-19-6-2-7-20-35/h1-33,39,48H. The maximum atomic E-state index is 7.07. The van der Waals surface area contributed by atoms with Crippen LogP contribution in [0.2, 0.25) is 0 Å². The first-order valence-electron chi connectivity index (χ1n) is 17.8. The molecule has 0 amide bonds. The molecule has 2 heteroatoms. The molecule has 3 atom stereocenters. The van der Waals surface area contributed by atoms with Gasteiger partial charge in [0.2, 0.25) is 0 Å².